The summed E-state index contributed by atoms with van der Waals surface area (Å²) in [6.07, 6.45) is 5.55. The number of piperazine rings is 1. The van der Waals surface area contributed by atoms with Crippen molar-refractivity contribution in [1.29, 1.82) is 0 Å². The second-order valence-electron chi connectivity index (χ2n) is 4.84. The van der Waals surface area contributed by atoms with Crippen molar-refractivity contribution in [1.82, 2.24) is 9.80 Å². The molecule has 0 atom stereocenters. The molecule has 0 aromatic rings. The number of hydrogen-bond donors (Lipinski definition) is 2. The summed E-state index contributed by atoms with van der Waals surface area (Å²) in [5.41, 5.74) is 5.51. The van der Waals surface area contributed by atoms with Crippen LogP contribution < -0.4 is 5.73 Å². The summed E-state index contributed by atoms with van der Waals surface area (Å²) in [6, 6.07) is 0.825. The van der Waals surface area contributed by atoms with Crippen LogP contribution >= 0.6 is 0 Å². The molecule has 1 aliphatic heterocycles. The highest BCUT2D eigenvalue weighted by atomic mass is 16.4. The van der Waals surface area contributed by atoms with Gasteiger partial charge in [0.05, 0.1) is 6.54 Å². The molecule has 1 heterocycles. The lowest BCUT2D eigenvalue weighted by Gasteiger charge is -2.37. The summed E-state index contributed by atoms with van der Waals surface area (Å²) in [6.45, 7) is 4.92. The monoisotopic (exact) mass is 226 g/mol. The Labute approximate surface area is 96.9 Å². The first-order valence-corrected chi connectivity index (χ1v) is 6.22. The Bertz CT molecular complexity index is 242. The molecule has 0 spiro atoms. The fraction of sp³-hybridized carbons (Fsp3) is 0.909. The molecule has 2 rings (SSSR count). The highest BCUT2D eigenvalue weighted by Crippen LogP contribution is 2.24. The Balaban J connectivity index is 1.73. The maximum absolute atomic E-state index is 8.52. The van der Waals surface area contributed by atoms with Crippen molar-refractivity contribution in [2.75, 3.05) is 32.7 Å². The Kier molecular flexibility index (Phi) is 4.01. The van der Waals surface area contributed by atoms with Crippen molar-refractivity contribution >= 4 is 5.84 Å². The minimum absolute atomic E-state index is 0.314. The van der Waals surface area contributed by atoms with Gasteiger partial charge in [0.2, 0.25) is 0 Å². The molecule has 0 aromatic carbocycles. The lowest BCUT2D eigenvalue weighted by atomic mass is 10.2. The zero-order valence-electron chi connectivity index (χ0n) is 9.81. The molecule has 2 aliphatic rings. The van der Waals surface area contributed by atoms with Crippen LogP contribution in [0.15, 0.2) is 5.16 Å². The molecule has 3 N–H and O–H groups in total. The van der Waals surface area contributed by atoms with Crippen LogP contribution in [0.25, 0.3) is 0 Å². The van der Waals surface area contributed by atoms with Crippen LogP contribution in [0.2, 0.25) is 0 Å². The van der Waals surface area contributed by atoms with Gasteiger partial charge < -0.3 is 10.9 Å². The highest BCUT2D eigenvalue weighted by molar-refractivity contribution is 5.81. The van der Waals surface area contributed by atoms with Crippen LogP contribution in [-0.2, 0) is 0 Å². The normalized spacial score (nSPS) is 26.4. The maximum atomic E-state index is 8.52. The van der Waals surface area contributed by atoms with E-state index in [2.05, 4.69) is 15.0 Å². The number of nitrogens with two attached hydrogens (primary N) is 1. The first-order chi connectivity index (χ1) is 7.79. The Morgan fingerprint density at radius 1 is 1.19 bits per heavy atom. The van der Waals surface area contributed by atoms with Gasteiger partial charge in [0, 0.05) is 32.2 Å². The topological polar surface area (TPSA) is 65.1 Å². The van der Waals surface area contributed by atoms with Crippen LogP contribution in [0.4, 0.5) is 0 Å². The predicted molar refractivity (Wildman–Crippen MR) is 63.7 cm³/mol. The summed E-state index contributed by atoms with van der Waals surface area (Å²) in [7, 11) is 0. The van der Waals surface area contributed by atoms with Gasteiger partial charge in [0.25, 0.3) is 0 Å². The van der Waals surface area contributed by atoms with Crippen LogP contribution in [0.1, 0.15) is 25.7 Å². The lowest BCUT2D eigenvalue weighted by Crippen LogP contribution is -2.51. The van der Waals surface area contributed by atoms with Crippen LogP contribution in [0.3, 0.4) is 0 Å². The van der Waals surface area contributed by atoms with Crippen molar-refractivity contribution in [3.63, 3.8) is 0 Å². The number of hydrogen-bond acceptors (Lipinski definition) is 4. The smallest absolute Gasteiger partial charge is 0.153 e. The van der Waals surface area contributed by atoms with Gasteiger partial charge in [-0.1, -0.05) is 18.0 Å². The largest absolute Gasteiger partial charge is 0.409 e. The third-order valence-corrected chi connectivity index (χ3v) is 3.76. The summed E-state index contributed by atoms with van der Waals surface area (Å²) in [5, 5.41) is 11.5. The average molecular weight is 226 g/mol. The second-order valence-corrected chi connectivity index (χ2v) is 4.84. The third kappa shape index (κ3) is 2.86. The van der Waals surface area contributed by atoms with Crippen molar-refractivity contribution in [2.24, 2.45) is 10.9 Å². The standard InChI is InChI=1S/C11H22N4O/c12-11(13-16)9-14-5-7-15(8-6-14)10-3-1-2-4-10/h10,16H,1-9H2,(H2,12,13). The van der Waals surface area contributed by atoms with Gasteiger partial charge in [0.1, 0.15) is 0 Å². The van der Waals surface area contributed by atoms with E-state index < -0.39 is 0 Å². The van der Waals surface area contributed by atoms with E-state index in [1.165, 1.54) is 25.7 Å². The van der Waals surface area contributed by atoms with E-state index in [1.807, 2.05) is 0 Å². The van der Waals surface area contributed by atoms with Gasteiger partial charge >= 0.3 is 0 Å². The minimum atomic E-state index is 0.314. The van der Waals surface area contributed by atoms with Gasteiger partial charge in [-0.3, -0.25) is 9.80 Å². The molecule has 92 valence electrons. The fourth-order valence-corrected chi connectivity index (χ4v) is 2.82. The molecule has 1 saturated carbocycles. The van der Waals surface area contributed by atoms with Crippen molar-refractivity contribution in [2.45, 2.75) is 31.7 Å². The van der Waals surface area contributed by atoms with Crippen LogP contribution in [0.5, 0.6) is 0 Å². The molecular formula is C11H22N4O. The van der Waals surface area contributed by atoms with Crippen LogP contribution in [0, 0.1) is 0 Å². The summed E-state index contributed by atoms with van der Waals surface area (Å²) < 4.78 is 0. The van der Waals surface area contributed by atoms with E-state index in [-0.39, 0.29) is 0 Å². The molecule has 1 saturated heterocycles. The van der Waals surface area contributed by atoms with E-state index in [9.17, 15) is 0 Å². The van der Waals surface area contributed by atoms with Crippen molar-refractivity contribution < 1.29 is 5.21 Å². The Morgan fingerprint density at radius 2 is 1.81 bits per heavy atom. The average Bonchev–Trinajstić information content (AvgIpc) is 2.83. The van der Waals surface area contributed by atoms with Crippen LogP contribution in [-0.4, -0.2) is 59.6 Å². The number of amidine groups is 1. The molecule has 1 aliphatic carbocycles. The molecule has 0 aromatic heterocycles. The highest BCUT2D eigenvalue weighted by Gasteiger charge is 2.26. The molecule has 16 heavy (non-hydrogen) atoms. The summed E-state index contributed by atoms with van der Waals surface area (Å²) >= 11 is 0. The summed E-state index contributed by atoms with van der Waals surface area (Å²) in [5.74, 6) is 0.314. The minimum Gasteiger partial charge on any atom is -0.409 e. The molecule has 2 fully saturated rings. The van der Waals surface area contributed by atoms with Gasteiger partial charge in [-0.05, 0) is 12.8 Å². The number of nitrogens with zero attached hydrogens (tertiary/aromatic N) is 3. The van der Waals surface area contributed by atoms with E-state index in [1.54, 1.807) is 0 Å². The van der Waals surface area contributed by atoms with Gasteiger partial charge in [-0.15, -0.1) is 0 Å². The third-order valence-electron chi connectivity index (χ3n) is 3.76. The Morgan fingerprint density at radius 3 is 2.38 bits per heavy atom. The summed E-state index contributed by atoms with van der Waals surface area (Å²) in [4.78, 5) is 4.86. The van der Waals surface area contributed by atoms with E-state index in [0.29, 0.717) is 12.4 Å². The number of rotatable bonds is 3. The quantitative estimate of drug-likeness (QED) is 0.314. The second kappa shape index (κ2) is 5.50. The molecule has 0 amide bonds. The van der Waals surface area contributed by atoms with Gasteiger partial charge in [-0.25, -0.2) is 0 Å². The first kappa shape index (κ1) is 11.7. The fourth-order valence-electron chi connectivity index (χ4n) is 2.82. The van der Waals surface area contributed by atoms with E-state index in [0.717, 1.165) is 32.2 Å². The number of oxime groups is 1. The van der Waals surface area contributed by atoms with E-state index >= 15 is 0 Å². The Hall–Kier alpha value is -0.810. The van der Waals surface area contributed by atoms with E-state index in [4.69, 9.17) is 10.9 Å². The zero-order chi connectivity index (χ0) is 11.4. The zero-order valence-corrected chi connectivity index (χ0v) is 9.81. The molecule has 0 bridgehead atoms. The molecule has 5 nitrogen and oxygen atoms in total. The molecule has 5 heteroatoms. The van der Waals surface area contributed by atoms with Gasteiger partial charge in [0.15, 0.2) is 5.84 Å². The van der Waals surface area contributed by atoms with Crippen molar-refractivity contribution in [3.05, 3.63) is 0 Å². The maximum Gasteiger partial charge on any atom is 0.153 e. The molecular weight excluding hydrogens is 204 g/mol. The molecule has 0 radical (unpaired) electrons. The SMILES string of the molecule is NC(CN1CCN(C2CCCC2)CC1)=NO. The lowest BCUT2D eigenvalue weighted by molar-refractivity contribution is 0.107. The van der Waals surface area contributed by atoms with Crippen molar-refractivity contribution in [3.8, 4) is 0 Å². The predicted octanol–water partition coefficient (Wildman–Crippen LogP) is 0.293. The molecule has 0 unspecified atom stereocenters. The van der Waals surface area contributed by atoms with Gasteiger partial charge in [-0.2, -0.15) is 0 Å². The first-order valence-electron chi connectivity index (χ1n) is 6.22.